The summed E-state index contributed by atoms with van der Waals surface area (Å²) in [5, 5.41) is 4.26. The third-order valence-corrected chi connectivity index (χ3v) is 2.71. The van der Waals surface area contributed by atoms with Gasteiger partial charge in [0.1, 0.15) is 18.1 Å². The predicted molar refractivity (Wildman–Crippen MR) is 63.4 cm³/mol. The number of aromatic nitrogens is 2. The summed E-state index contributed by atoms with van der Waals surface area (Å²) < 4.78 is 20.4. The van der Waals surface area contributed by atoms with E-state index in [0.717, 1.165) is 22.7 Å². The van der Waals surface area contributed by atoms with Crippen molar-refractivity contribution in [2.75, 3.05) is 0 Å². The molecule has 0 aliphatic rings. The fourth-order valence-corrected chi connectivity index (χ4v) is 1.75. The molecule has 0 atom stereocenters. The summed E-state index contributed by atoms with van der Waals surface area (Å²) in [6.07, 6.45) is 0. The molecule has 0 amide bonds. The summed E-state index contributed by atoms with van der Waals surface area (Å²) in [6.45, 7) is 4.19. The quantitative estimate of drug-likeness (QED) is 0.816. The van der Waals surface area contributed by atoms with Crippen molar-refractivity contribution in [2.45, 2.75) is 20.5 Å². The van der Waals surface area contributed by atoms with Gasteiger partial charge in [-0.1, -0.05) is 12.1 Å². The van der Waals surface area contributed by atoms with E-state index in [0.29, 0.717) is 6.61 Å². The average molecular weight is 234 g/mol. The minimum absolute atomic E-state index is 0.245. The van der Waals surface area contributed by atoms with Crippen LogP contribution in [0.3, 0.4) is 0 Å². The molecule has 1 heterocycles. The third kappa shape index (κ3) is 2.46. The highest BCUT2D eigenvalue weighted by Gasteiger charge is 2.10. The van der Waals surface area contributed by atoms with Gasteiger partial charge in [0, 0.05) is 7.05 Å². The highest BCUT2D eigenvalue weighted by atomic mass is 19.1. The van der Waals surface area contributed by atoms with E-state index in [2.05, 4.69) is 5.10 Å². The number of ether oxygens (including phenoxy) is 1. The van der Waals surface area contributed by atoms with Crippen LogP contribution in [-0.2, 0) is 13.7 Å². The van der Waals surface area contributed by atoms with Crippen LogP contribution < -0.4 is 4.74 Å². The Balaban J connectivity index is 2.12. The lowest BCUT2D eigenvalue weighted by Crippen LogP contribution is -1.98. The van der Waals surface area contributed by atoms with Crippen molar-refractivity contribution in [1.82, 2.24) is 9.78 Å². The van der Waals surface area contributed by atoms with E-state index < -0.39 is 0 Å². The first kappa shape index (κ1) is 11.6. The first-order valence-corrected chi connectivity index (χ1v) is 5.45. The van der Waals surface area contributed by atoms with Gasteiger partial charge in [-0.05, 0) is 31.5 Å². The summed E-state index contributed by atoms with van der Waals surface area (Å²) in [7, 11) is 1.87. The van der Waals surface area contributed by atoms with Gasteiger partial charge < -0.3 is 4.74 Å². The van der Waals surface area contributed by atoms with Gasteiger partial charge in [0.15, 0.2) is 5.75 Å². The molecule has 4 heteroatoms. The molecule has 0 unspecified atom stereocenters. The molecule has 0 fully saturated rings. The van der Waals surface area contributed by atoms with E-state index in [1.54, 1.807) is 10.7 Å². The summed E-state index contributed by atoms with van der Waals surface area (Å²) in [6, 6.07) is 6.41. The fraction of sp³-hybridized carbons (Fsp3) is 0.308. The van der Waals surface area contributed by atoms with Gasteiger partial charge in [-0.15, -0.1) is 0 Å². The van der Waals surface area contributed by atoms with E-state index in [-0.39, 0.29) is 5.82 Å². The molecule has 0 spiro atoms. The van der Waals surface area contributed by atoms with Gasteiger partial charge in [-0.2, -0.15) is 5.10 Å². The van der Waals surface area contributed by atoms with Crippen molar-refractivity contribution in [1.29, 1.82) is 0 Å². The number of aryl methyl sites for hydroxylation is 2. The smallest absolute Gasteiger partial charge is 0.163 e. The number of rotatable bonds is 3. The van der Waals surface area contributed by atoms with Crippen LogP contribution in [-0.4, -0.2) is 9.78 Å². The highest BCUT2D eigenvalue weighted by molar-refractivity contribution is 5.32. The Bertz CT molecular complexity index is 534. The minimum atomic E-state index is -0.245. The van der Waals surface area contributed by atoms with Crippen LogP contribution in [0.1, 0.15) is 17.0 Å². The lowest BCUT2D eigenvalue weighted by atomic mass is 10.2. The Hall–Kier alpha value is -1.84. The average Bonchev–Trinajstić information content (AvgIpc) is 2.51. The van der Waals surface area contributed by atoms with Gasteiger partial charge in [0.25, 0.3) is 0 Å². The summed E-state index contributed by atoms with van der Waals surface area (Å²) in [4.78, 5) is 0. The second-order valence-electron chi connectivity index (χ2n) is 4.04. The maximum atomic E-state index is 13.0. The highest BCUT2D eigenvalue weighted by Crippen LogP contribution is 2.22. The first-order valence-electron chi connectivity index (χ1n) is 5.45. The van der Waals surface area contributed by atoms with Crippen molar-refractivity contribution in [2.24, 2.45) is 7.05 Å². The molecule has 0 bridgehead atoms. The van der Waals surface area contributed by atoms with Gasteiger partial charge in [-0.3, -0.25) is 4.68 Å². The van der Waals surface area contributed by atoms with Crippen LogP contribution in [0.4, 0.5) is 4.39 Å². The molecule has 3 nitrogen and oxygen atoms in total. The molecule has 90 valence electrons. The van der Waals surface area contributed by atoms with Gasteiger partial charge in [-0.25, -0.2) is 4.39 Å². The van der Waals surface area contributed by atoms with E-state index in [1.807, 2.05) is 27.0 Å². The molecular weight excluding hydrogens is 219 g/mol. The monoisotopic (exact) mass is 234 g/mol. The molecule has 17 heavy (non-hydrogen) atoms. The molecule has 0 N–H and O–H groups in total. The van der Waals surface area contributed by atoms with Crippen molar-refractivity contribution >= 4 is 0 Å². The number of halogens is 1. The van der Waals surface area contributed by atoms with E-state index in [4.69, 9.17) is 4.74 Å². The Kier molecular flexibility index (Phi) is 3.13. The summed E-state index contributed by atoms with van der Waals surface area (Å²) >= 11 is 0. The summed E-state index contributed by atoms with van der Waals surface area (Å²) in [5.41, 5.74) is 2.63. The molecule has 0 saturated heterocycles. The molecule has 0 aliphatic heterocycles. The number of hydrogen-bond acceptors (Lipinski definition) is 2. The summed E-state index contributed by atoms with van der Waals surface area (Å²) in [5.74, 6) is 0.530. The number of benzene rings is 1. The molecular formula is C13H15FN2O. The van der Waals surface area contributed by atoms with E-state index in [9.17, 15) is 4.39 Å². The topological polar surface area (TPSA) is 27.1 Å². The minimum Gasteiger partial charge on any atom is -0.485 e. The Morgan fingerprint density at radius 2 is 2.12 bits per heavy atom. The van der Waals surface area contributed by atoms with Crippen molar-refractivity contribution < 1.29 is 9.13 Å². The molecule has 0 saturated carbocycles. The van der Waals surface area contributed by atoms with Crippen molar-refractivity contribution in [3.8, 4) is 5.75 Å². The SMILES string of the molecule is Cc1nn(C)c(C)c1OCc1cccc(F)c1. The zero-order chi connectivity index (χ0) is 12.4. The zero-order valence-corrected chi connectivity index (χ0v) is 10.2. The van der Waals surface area contributed by atoms with E-state index >= 15 is 0 Å². The standard InChI is InChI=1S/C13H15FN2O/c1-9-13(10(2)16(3)15-9)17-8-11-5-4-6-12(14)7-11/h4-7H,8H2,1-3H3. The van der Waals surface area contributed by atoms with Gasteiger partial charge in [0.2, 0.25) is 0 Å². The molecule has 1 aromatic carbocycles. The fourth-order valence-electron chi connectivity index (χ4n) is 1.75. The normalized spacial score (nSPS) is 10.6. The lowest BCUT2D eigenvalue weighted by molar-refractivity contribution is 0.301. The largest absolute Gasteiger partial charge is 0.485 e. The number of nitrogens with zero attached hydrogens (tertiary/aromatic N) is 2. The number of hydrogen-bond donors (Lipinski definition) is 0. The van der Waals surface area contributed by atoms with Crippen LogP contribution in [0.2, 0.25) is 0 Å². The van der Waals surface area contributed by atoms with E-state index in [1.165, 1.54) is 12.1 Å². The van der Waals surface area contributed by atoms with Gasteiger partial charge in [0.05, 0.1) is 5.69 Å². The van der Waals surface area contributed by atoms with Crippen molar-refractivity contribution in [3.05, 3.63) is 47.0 Å². The zero-order valence-electron chi connectivity index (χ0n) is 10.2. The Labute approximate surface area is 99.8 Å². The molecule has 0 radical (unpaired) electrons. The Morgan fingerprint density at radius 1 is 1.35 bits per heavy atom. The molecule has 2 aromatic rings. The Morgan fingerprint density at radius 3 is 2.71 bits per heavy atom. The van der Waals surface area contributed by atoms with Crippen molar-refractivity contribution in [3.63, 3.8) is 0 Å². The maximum Gasteiger partial charge on any atom is 0.163 e. The van der Waals surface area contributed by atoms with Crippen LogP contribution in [0.5, 0.6) is 5.75 Å². The van der Waals surface area contributed by atoms with Crippen LogP contribution in [0.15, 0.2) is 24.3 Å². The predicted octanol–water partition coefficient (Wildman–Crippen LogP) is 2.76. The molecule has 0 aliphatic carbocycles. The van der Waals surface area contributed by atoms with Crippen LogP contribution in [0, 0.1) is 19.7 Å². The lowest BCUT2D eigenvalue weighted by Gasteiger charge is -2.06. The maximum absolute atomic E-state index is 13.0. The molecule has 1 aromatic heterocycles. The second kappa shape index (κ2) is 4.57. The first-order chi connectivity index (χ1) is 8.08. The molecule has 2 rings (SSSR count). The third-order valence-electron chi connectivity index (χ3n) is 2.71. The van der Waals surface area contributed by atoms with Crippen LogP contribution in [0.25, 0.3) is 0 Å². The second-order valence-corrected chi connectivity index (χ2v) is 4.04. The van der Waals surface area contributed by atoms with Crippen LogP contribution >= 0.6 is 0 Å². The van der Waals surface area contributed by atoms with Gasteiger partial charge >= 0.3 is 0 Å².